The van der Waals surface area contributed by atoms with E-state index in [-0.39, 0.29) is 17.7 Å². The predicted octanol–water partition coefficient (Wildman–Crippen LogP) is 2.77. The summed E-state index contributed by atoms with van der Waals surface area (Å²) in [5, 5.41) is 2.97. The number of hydrogen-bond donors (Lipinski definition) is 1. The molecule has 1 aliphatic rings. The standard InChI is InChI=1S/C20H23N3O2/c1-3-14(2)18(19(24)22-12-15-7-6-10-21-11-15)23-13-16-8-4-5-9-17(16)20(23)25/h4-11,14,18H,3,12-13H2,1-2H3,(H,22,24)/t14-,18+/m0/s1. The Labute approximate surface area is 148 Å². The second kappa shape index (κ2) is 7.47. The first-order valence-electron chi connectivity index (χ1n) is 8.67. The van der Waals surface area contributed by atoms with Gasteiger partial charge in [0.25, 0.3) is 5.91 Å². The number of aromatic nitrogens is 1. The number of fused-ring (bicyclic) bond motifs is 1. The Morgan fingerprint density at radius 3 is 2.76 bits per heavy atom. The van der Waals surface area contributed by atoms with Gasteiger partial charge in [-0.25, -0.2) is 0 Å². The maximum atomic E-state index is 12.9. The molecule has 2 amide bonds. The average molecular weight is 337 g/mol. The van der Waals surface area contributed by atoms with E-state index < -0.39 is 6.04 Å². The summed E-state index contributed by atoms with van der Waals surface area (Å²) in [7, 11) is 0. The van der Waals surface area contributed by atoms with Crippen LogP contribution in [0.4, 0.5) is 0 Å². The van der Waals surface area contributed by atoms with Crippen LogP contribution in [0.5, 0.6) is 0 Å². The number of benzene rings is 1. The van der Waals surface area contributed by atoms with Gasteiger partial charge in [0, 0.05) is 31.0 Å². The molecule has 0 saturated heterocycles. The summed E-state index contributed by atoms with van der Waals surface area (Å²) in [6.07, 6.45) is 4.26. The van der Waals surface area contributed by atoms with E-state index in [1.807, 2.05) is 50.2 Å². The first-order valence-corrected chi connectivity index (χ1v) is 8.67. The maximum Gasteiger partial charge on any atom is 0.255 e. The van der Waals surface area contributed by atoms with Crippen LogP contribution < -0.4 is 5.32 Å². The summed E-state index contributed by atoms with van der Waals surface area (Å²) in [6, 6.07) is 10.9. The van der Waals surface area contributed by atoms with Gasteiger partial charge >= 0.3 is 0 Å². The van der Waals surface area contributed by atoms with Crippen LogP contribution >= 0.6 is 0 Å². The molecule has 1 aliphatic heterocycles. The van der Waals surface area contributed by atoms with Crippen molar-refractivity contribution in [3.8, 4) is 0 Å². The number of carbonyl (C=O) groups excluding carboxylic acids is 2. The van der Waals surface area contributed by atoms with Gasteiger partial charge in [0.1, 0.15) is 6.04 Å². The predicted molar refractivity (Wildman–Crippen MR) is 95.6 cm³/mol. The minimum atomic E-state index is -0.471. The van der Waals surface area contributed by atoms with E-state index in [1.165, 1.54) is 0 Å². The zero-order valence-corrected chi connectivity index (χ0v) is 14.6. The number of nitrogens with one attached hydrogen (secondary N) is 1. The molecule has 5 nitrogen and oxygen atoms in total. The van der Waals surface area contributed by atoms with E-state index in [4.69, 9.17) is 0 Å². The fraction of sp³-hybridized carbons (Fsp3) is 0.350. The smallest absolute Gasteiger partial charge is 0.255 e. The molecule has 130 valence electrons. The summed E-state index contributed by atoms with van der Waals surface area (Å²) in [5.74, 6) is -0.0936. The Morgan fingerprint density at radius 1 is 1.28 bits per heavy atom. The molecule has 0 fully saturated rings. The highest BCUT2D eigenvalue weighted by atomic mass is 16.2. The highest BCUT2D eigenvalue weighted by molar-refractivity contribution is 6.01. The maximum absolute atomic E-state index is 12.9. The summed E-state index contributed by atoms with van der Waals surface area (Å²) in [5.41, 5.74) is 2.63. The number of rotatable bonds is 6. The lowest BCUT2D eigenvalue weighted by Crippen LogP contribution is -2.50. The van der Waals surface area contributed by atoms with Gasteiger partial charge in [0.05, 0.1) is 0 Å². The zero-order chi connectivity index (χ0) is 17.8. The minimum Gasteiger partial charge on any atom is -0.350 e. The third-order valence-corrected chi connectivity index (χ3v) is 4.83. The van der Waals surface area contributed by atoms with E-state index in [1.54, 1.807) is 17.3 Å². The Balaban J connectivity index is 1.76. The first-order chi connectivity index (χ1) is 12.1. The van der Waals surface area contributed by atoms with Crippen LogP contribution in [-0.2, 0) is 17.9 Å². The van der Waals surface area contributed by atoms with Gasteiger partial charge in [0.2, 0.25) is 5.91 Å². The second-order valence-corrected chi connectivity index (χ2v) is 6.50. The number of hydrogen-bond acceptors (Lipinski definition) is 3. The zero-order valence-electron chi connectivity index (χ0n) is 14.6. The topological polar surface area (TPSA) is 62.3 Å². The molecular formula is C20H23N3O2. The molecule has 1 N–H and O–H groups in total. The molecular weight excluding hydrogens is 314 g/mol. The van der Waals surface area contributed by atoms with Crippen molar-refractivity contribution >= 4 is 11.8 Å². The van der Waals surface area contributed by atoms with E-state index in [9.17, 15) is 9.59 Å². The molecule has 1 aromatic carbocycles. The Kier molecular flexibility index (Phi) is 5.12. The molecule has 2 atom stereocenters. The van der Waals surface area contributed by atoms with Crippen molar-refractivity contribution in [2.24, 2.45) is 5.92 Å². The van der Waals surface area contributed by atoms with E-state index in [2.05, 4.69) is 10.3 Å². The second-order valence-electron chi connectivity index (χ2n) is 6.50. The summed E-state index contributed by atoms with van der Waals surface area (Å²) >= 11 is 0. The van der Waals surface area contributed by atoms with Crippen molar-refractivity contribution in [3.63, 3.8) is 0 Å². The quantitative estimate of drug-likeness (QED) is 0.882. The van der Waals surface area contributed by atoms with E-state index in [0.717, 1.165) is 17.5 Å². The molecule has 0 spiro atoms. The number of carbonyl (C=O) groups is 2. The van der Waals surface area contributed by atoms with Gasteiger partial charge in [0.15, 0.2) is 0 Å². The highest BCUT2D eigenvalue weighted by Crippen LogP contribution is 2.28. The Bertz CT molecular complexity index is 761. The lowest BCUT2D eigenvalue weighted by molar-refractivity contribution is -0.127. The molecule has 0 bridgehead atoms. The third-order valence-electron chi connectivity index (χ3n) is 4.83. The summed E-state index contributed by atoms with van der Waals surface area (Å²) in [4.78, 5) is 31.4. The molecule has 2 heterocycles. The lowest BCUT2D eigenvalue weighted by Gasteiger charge is -2.31. The molecule has 3 rings (SSSR count). The van der Waals surface area contributed by atoms with Crippen LogP contribution in [0.1, 0.15) is 41.8 Å². The molecule has 2 aromatic rings. The third kappa shape index (κ3) is 3.55. The van der Waals surface area contributed by atoms with Crippen LogP contribution in [0.25, 0.3) is 0 Å². The van der Waals surface area contributed by atoms with Crippen LogP contribution in [0.2, 0.25) is 0 Å². The molecule has 25 heavy (non-hydrogen) atoms. The molecule has 0 aliphatic carbocycles. The Morgan fingerprint density at radius 2 is 2.08 bits per heavy atom. The number of nitrogens with zero attached hydrogens (tertiary/aromatic N) is 2. The number of pyridine rings is 1. The summed E-state index contributed by atoms with van der Waals surface area (Å²) in [6.45, 7) is 4.96. The first kappa shape index (κ1) is 17.1. The van der Waals surface area contributed by atoms with Crippen molar-refractivity contribution in [2.75, 3.05) is 0 Å². The SMILES string of the molecule is CC[C@H](C)[C@H](C(=O)NCc1cccnc1)N1Cc2ccccc2C1=O. The van der Waals surface area contributed by atoms with Crippen LogP contribution in [0.3, 0.4) is 0 Å². The molecule has 0 unspecified atom stereocenters. The average Bonchev–Trinajstić information content (AvgIpc) is 2.97. The van der Waals surface area contributed by atoms with Crippen LogP contribution in [0, 0.1) is 5.92 Å². The number of amides is 2. The van der Waals surface area contributed by atoms with Gasteiger partial charge in [-0.05, 0) is 29.2 Å². The Hall–Kier alpha value is -2.69. The van der Waals surface area contributed by atoms with Crippen molar-refractivity contribution in [1.82, 2.24) is 15.2 Å². The van der Waals surface area contributed by atoms with Gasteiger partial charge in [-0.1, -0.05) is 44.5 Å². The largest absolute Gasteiger partial charge is 0.350 e. The normalized spacial score (nSPS) is 15.6. The van der Waals surface area contributed by atoms with E-state index in [0.29, 0.717) is 18.7 Å². The van der Waals surface area contributed by atoms with E-state index >= 15 is 0 Å². The molecule has 1 aromatic heterocycles. The van der Waals surface area contributed by atoms with Gasteiger partial charge in [-0.3, -0.25) is 14.6 Å². The van der Waals surface area contributed by atoms with Crippen molar-refractivity contribution in [3.05, 3.63) is 65.5 Å². The molecule has 5 heteroatoms. The monoisotopic (exact) mass is 337 g/mol. The molecule has 0 radical (unpaired) electrons. The fourth-order valence-corrected chi connectivity index (χ4v) is 3.23. The van der Waals surface area contributed by atoms with Crippen LogP contribution in [0.15, 0.2) is 48.8 Å². The fourth-order valence-electron chi connectivity index (χ4n) is 3.23. The van der Waals surface area contributed by atoms with Crippen molar-refractivity contribution < 1.29 is 9.59 Å². The summed E-state index contributed by atoms with van der Waals surface area (Å²) < 4.78 is 0. The van der Waals surface area contributed by atoms with Gasteiger partial charge in [-0.15, -0.1) is 0 Å². The van der Waals surface area contributed by atoms with Crippen molar-refractivity contribution in [1.29, 1.82) is 0 Å². The molecule has 0 saturated carbocycles. The van der Waals surface area contributed by atoms with Gasteiger partial charge in [-0.2, -0.15) is 0 Å². The van der Waals surface area contributed by atoms with Crippen LogP contribution in [-0.4, -0.2) is 27.7 Å². The lowest BCUT2D eigenvalue weighted by atomic mass is 9.96. The van der Waals surface area contributed by atoms with Gasteiger partial charge < -0.3 is 10.2 Å². The minimum absolute atomic E-state index is 0.0579. The van der Waals surface area contributed by atoms with Crippen molar-refractivity contribution in [2.45, 2.75) is 39.4 Å². The highest BCUT2D eigenvalue weighted by Gasteiger charge is 2.38.